The molecule has 4 nitrogen and oxygen atoms in total. The molecule has 0 saturated carbocycles. The second kappa shape index (κ2) is 5.46. The number of nitrogens with one attached hydrogen (secondary N) is 1. The molecule has 1 aromatic rings. The van der Waals surface area contributed by atoms with Gasteiger partial charge in [0.05, 0.1) is 5.69 Å². The predicted octanol–water partition coefficient (Wildman–Crippen LogP) is 1.73. The monoisotopic (exact) mass is 260 g/mol. The van der Waals surface area contributed by atoms with Crippen molar-refractivity contribution in [3.8, 4) is 0 Å². The molecule has 6 heteroatoms. The second-order valence-electron chi connectivity index (χ2n) is 4.02. The largest absolute Gasteiger partial charge is 0.398 e. The van der Waals surface area contributed by atoms with Gasteiger partial charge in [-0.15, -0.1) is 0 Å². The molecule has 0 aromatic heterocycles. The van der Waals surface area contributed by atoms with Crippen LogP contribution < -0.4 is 10.5 Å². The SMILES string of the molecule is CCC(C)CNS(=O)(=O)c1c(N)cccc1F. The van der Waals surface area contributed by atoms with Crippen molar-refractivity contribution >= 4 is 15.7 Å². The summed E-state index contributed by atoms with van der Waals surface area (Å²) in [7, 11) is -3.88. The number of rotatable bonds is 5. The molecule has 0 radical (unpaired) electrons. The topological polar surface area (TPSA) is 72.2 Å². The van der Waals surface area contributed by atoms with Crippen molar-refractivity contribution in [1.82, 2.24) is 4.72 Å². The smallest absolute Gasteiger partial charge is 0.245 e. The summed E-state index contributed by atoms with van der Waals surface area (Å²) in [6.45, 7) is 4.14. The van der Waals surface area contributed by atoms with Crippen LogP contribution in [-0.2, 0) is 10.0 Å². The van der Waals surface area contributed by atoms with Crippen molar-refractivity contribution in [1.29, 1.82) is 0 Å². The predicted molar refractivity (Wildman–Crippen MR) is 65.5 cm³/mol. The van der Waals surface area contributed by atoms with Crippen molar-refractivity contribution in [2.24, 2.45) is 5.92 Å². The average molecular weight is 260 g/mol. The van der Waals surface area contributed by atoms with Gasteiger partial charge in [-0.25, -0.2) is 17.5 Å². The summed E-state index contributed by atoms with van der Waals surface area (Å²) < 4.78 is 39.5. The minimum Gasteiger partial charge on any atom is -0.398 e. The van der Waals surface area contributed by atoms with Crippen LogP contribution in [0.3, 0.4) is 0 Å². The van der Waals surface area contributed by atoms with Crippen LogP contribution in [0.2, 0.25) is 0 Å². The van der Waals surface area contributed by atoms with E-state index in [1.54, 1.807) is 0 Å². The van der Waals surface area contributed by atoms with Crippen LogP contribution in [0.5, 0.6) is 0 Å². The van der Waals surface area contributed by atoms with Gasteiger partial charge in [0.15, 0.2) is 0 Å². The molecule has 0 amide bonds. The third-order valence-corrected chi connectivity index (χ3v) is 4.10. The molecule has 0 bridgehead atoms. The molecule has 0 heterocycles. The maximum atomic E-state index is 13.5. The van der Waals surface area contributed by atoms with Gasteiger partial charge in [-0.05, 0) is 18.1 Å². The summed E-state index contributed by atoms with van der Waals surface area (Å²) >= 11 is 0. The third kappa shape index (κ3) is 3.41. The molecule has 17 heavy (non-hydrogen) atoms. The minimum atomic E-state index is -3.88. The lowest BCUT2D eigenvalue weighted by Gasteiger charge is -2.12. The summed E-state index contributed by atoms with van der Waals surface area (Å²) in [5, 5.41) is 0. The summed E-state index contributed by atoms with van der Waals surface area (Å²) in [6, 6.07) is 3.81. The molecule has 1 aromatic carbocycles. The van der Waals surface area contributed by atoms with E-state index < -0.39 is 20.7 Å². The highest BCUT2D eigenvalue weighted by molar-refractivity contribution is 7.89. The fourth-order valence-corrected chi connectivity index (χ4v) is 2.63. The molecule has 1 unspecified atom stereocenters. The Morgan fingerprint density at radius 3 is 2.65 bits per heavy atom. The van der Waals surface area contributed by atoms with Crippen LogP contribution in [0, 0.1) is 11.7 Å². The number of anilines is 1. The van der Waals surface area contributed by atoms with Gasteiger partial charge in [0.1, 0.15) is 10.7 Å². The fourth-order valence-electron chi connectivity index (χ4n) is 1.28. The molecular weight excluding hydrogens is 243 g/mol. The lowest BCUT2D eigenvalue weighted by Crippen LogP contribution is -2.29. The van der Waals surface area contributed by atoms with Crippen LogP contribution in [0.1, 0.15) is 20.3 Å². The molecule has 1 rings (SSSR count). The first-order valence-corrected chi connectivity index (χ1v) is 6.90. The number of benzene rings is 1. The van der Waals surface area contributed by atoms with E-state index in [1.807, 2.05) is 13.8 Å². The number of hydrogen-bond donors (Lipinski definition) is 2. The standard InChI is InChI=1S/C11H17FN2O2S/c1-3-8(2)7-14-17(15,16)11-9(12)5-4-6-10(11)13/h4-6,8,14H,3,7,13H2,1-2H3. The van der Waals surface area contributed by atoms with Crippen molar-refractivity contribution in [2.45, 2.75) is 25.2 Å². The van der Waals surface area contributed by atoms with Crippen LogP contribution in [0.15, 0.2) is 23.1 Å². The summed E-state index contributed by atoms with van der Waals surface area (Å²) in [6.07, 6.45) is 0.843. The normalized spacial score (nSPS) is 13.6. The number of nitrogens with two attached hydrogens (primary N) is 1. The second-order valence-corrected chi connectivity index (χ2v) is 5.73. The first kappa shape index (κ1) is 13.9. The Hall–Kier alpha value is -1.14. The molecule has 0 aliphatic heterocycles. The lowest BCUT2D eigenvalue weighted by molar-refractivity contribution is 0.522. The maximum absolute atomic E-state index is 13.5. The van der Waals surface area contributed by atoms with Crippen LogP contribution in [0.25, 0.3) is 0 Å². The molecule has 0 fully saturated rings. The first-order valence-electron chi connectivity index (χ1n) is 5.42. The van der Waals surface area contributed by atoms with E-state index >= 15 is 0 Å². The van der Waals surface area contributed by atoms with E-state index in [0.717, 1.165) is 12.5 Å². The quantitative estimate of drug-likeness (QED) is 0.792. The third-order valence-electron chi connectivity index (χ3n) is 2.58. The number of sulfonamides is 1. The number of nitrogen functional groups attached to an aromatic ring is 1. The Balaban J connectivity index is 2.98. The Morgan fingerprint density at radius 2 is 2.12 bits per heavy atom. The summed E-state index contributed by atoms with van der Waals surface area (Å²) in [5.74, 6) is -0.639. The fraction of sp³-hybridized carbons (Fsp3) is 0.455. The molecule has 0 spiro atoms. The highest BCUT2D eigenvalue weighted by Crippen LogP contribution is 2.21. The van der Waals surface area contributed by atoms with E-state index in [4.69, 9.17) is 5.73 Å². The van der Waals surface area contributed by atoms with Gasteiger partial charge in [-0.2, -0.15) is 0 Å². The van der Waals surface area contributed by atoms with E-state index in [-0.39, 0.29) is 18.2 Å². The molecule has 3 N–H and O–H groups in total. The molecule has 1 atom stereocenters. The molecule has 0 saturated heterocycles. The molecular formula is C11H17FN2O2S. The lowest BCUT2D eigenvalue weighted by atomic mass is 10.1. The van der Waals surface area contributed by atoms with Crippen LogP contribution in [-0.4, -0.2) is 15.0 Å². The molecule has 0 aliphatic carbocycles. The van der Waals surface area contributed by atoms with Crippen molar-refractivity contribution in [2.75, 3.05) is 12.3 Å². The summed E-state index contributed by atoms with van der Waals surface area (Å²) in [4.78, 5) is -0.469. The molecule has 0 aliphatic rings. The Labute approximate surface area is 101 Å². The van der Waals surface area contributed by atoms with Crippen molar-refractivity contribution < 1.29 is 12.8 Å². The number of halogens is 1. The highest BCUT2D eigenvalue weighted by atomic mass is 32.2. The van der Waals surface area contributed by atoms with Crippen LogP contribution in [0.4, 0.5) is 10.1 Å². The zero-order chi connectivity index (χ0) is 13.1. The average Bonchev–Trinajstić information content (AvgIpc) is 2.25. The van der Waals surface area contributed by atoms with Gasteiger partial charge < -0.3 is 5.73 Å². The van der Waals surface area contributed by atoms with Gasteiger partial charge in [-0.3, -0.25) is 0 Å². The van der Waals surface area contributed by atoms with Crippen molar-refractivity contribution in [3.05, 3.63) is 24.0 Å². The Kier molecular flexibility index (Phi) is 4.47. The van der Waals surface area contributed by atoms with Gasteiger partial charge in [0.25, 0.3) is 0 Å². The van der Waals surface area contributed by atoms with Gasteiger partial charge in [0.2, 0.25) is 10.0 Å². The van der Waals surface area contributed by atoms with E-state index in [2.05, 4.69) is 4.72 Å². The zero-order valence-corrected chi connectivity index (χ0v) is 10.7. The van der Waals surface area contributed by atoms with Crippen LogP contribution >= 0.6 is 0 Å². The van der Waals surface area contributed by atoms with E-state index in [9.17, 15) is 12.8 Å². The minimum absolute atomic E-state index is 0.0818. The van der Waals surface area contributed by atoms with Gasteiger partial charge in [-0.1, -0.05) is 26.3 Å². The number of hydrogen-bond acceptors (Lipinski definition) is 3. The van der Waals surface area contributed by atoms with Gasteiger partial charge in [0, 0.05) is 6.54 Å². The van der Waals surface area contributed by atoms with Crippen molar-refractivity contribution in [3.63, 3.8) is 0 Å². The Morgan fingerprint density at radius 1 is 1.47 bits per heavy atom. The maximum Gasteiger partial charge on any atom is 0.245 e. The van der Waals surface area contributed by atoms with E-state index in [1.165, 1.54) is 12.1 Å². The zero-order valence-electron chi connectivity index (χ0n) is 9.90. The highest BCUT2D eigenvalue weighted by Gasteiger charge is 2.22. The summed E-state index contributed by atoms with van der Waals surface area (Å²) in [5.41, 5.74) is 5.41. The van der Waals surface area contributed by atoms with Gasteiger partial charge >= 0.3 is 0 Å². The first-order chi connectivity index (χ1) is 7.88. The Bertz CT molecular complexity index is 468. The van der Waals surface area contributed by atoms with E-state index in [0.29, 0.717) is 0 Å². The molecule has 96 valence electrons.